The van der Waals surface area contributed by atoms with Crippen LogP contribution in [0, 0.1) is 18.6 Å². The lowest BCUT2D eigenvalue weighted by Gasteiger charge is -2.40. The molecule has 3 aromatic rings. The summed E-state index contributed by atoms with van der Waals surface area (Å²) in [6.45, 7) is 4.62. The summed E-state index contributed by atoms with van der Waals surface area (Å²) in [7, 11) is 1.57. The number of aryl methyl sites for hydroxylation is 1. The van der Waals surface area contributed by atoms with Gasteiger partial charge in [0.25, 0.3) is 5.56 Å². The van der Waals surface area contributed by atoms with Crippen molar-refractivity contribution in [3.05, 3.63) is 93.4 Å². The Balaban J connectivity index is 1.72. The van der Waals surface area contributed by atoms with E-state index in [-0.39, 0.29) is 28.5 Å². The van der Waals surface area contributed by atoms with Crippen LogP contribution in [0.2, 0.25) is 0 Å². The normalized spacial score (nSPS) is 15.5. The van der Waals surface area contributed by atoms with Gasteiger partial charge in [0, 0.05) is 45.5 Å². The van der Waals surface area contributed by atoms with Crippen LogP contribution in [0.15, 0.2) is 59.4 Å². The van der Waals surface area contributed by atoms with E-state index in [2.05, 4.69) is 4.90 Å². The number of hydrogen-bond acceptors (Lipinski definition) is 5. The van der Waals surface area contributed by atoms with Gasteiger partial charge >= 0.3 is 0 Å². The zero-order valence-electron chi connectivity index (χ0n) is 19.4. The highest BCUT2D eigenvalue weighted by molar-refractivity contribution is 5.48. The number of piperazine rings is 1. The average Bonchev–Trinajstić information content (AvgIpc) is 2.83. The third-order valence-corrected chi connectivity index (χ3v) is 6.37. The van der Waals surface area contributed by atoms with E-state index in [1.165, 1.54) is 18.2 Å². The van der Waals surface area contributed by atoms with Crippen molar-refractivity contribution in [1.82, 2.24) is 9.47 Å². The number of benzene rings is 2. The molecular weight excluding hydrogens is 440 g/mol. The first-order valence-electron chi connectivity index (χ1n) is 11.3. The molecule has 2 aromatic carbocycles. The van der Waals surface area contributed by atoms with Crippen molar-refractivity contribution in [3.8, 4) is 5.75 Å². The summed E-state index contributed by atoms with van der Waals surface area (Å²) in [5.41, 5.74) is 1.81. The number of aromatic nitrogens is 1. The van der Waals surface area contributed by atoms with E-state index in [1.54, 1.807) is 55.0 Å². The van der Waals surface area contributed by atoms with Gasteiger partial charge in [0.1, 0.15) is 17.4 Å². The number of methoxy groups -OCH3 is 1. The molecule has 1 aromatic heterocycles. The maximum atomic E-state index is 14.3. The molecule has 4 rings (SSSR count). The molecule has 180 valence electrons. The zero-order valence-corrected chi connectivity index (χ0v) is 19.4. The molecule has 0 bridgehead atoms. The first kappa shape index (κ1) is 23.9. The van der Waals surface area contributed by atoms with E-state index < -0.39 is 6.04 Å². The van der Waals surface area contributed by atoms with Crippen molar-refractivity contribution in [2.75, 3.05) is 44.8 Å². The van der Waals surface area contributed by atoms with Gasteiger partial charge in [-0.25, -0.2) is 8.78 Å². The minimum Gasteiger partial charge on any atom is -0.507 e. The summed E-state index contributed by atoms with van der Waals surface area (Å²) in [4.78, 5) is 17.6. The molecule has 1 saturated heterocycles. The van der Waals surface area contributed by atoms with Crippen LogP contribution < -0.4 is 10.5 Å². The van der Waals surface area contributed by atoms with E-state index in [0.29, 0.717) is 56.3 Å². The lowest BCUT2D eigenvalue weighted by atomic mass is 9.96. The van der Waals surface area contributed by atoms with E-state index in [0.717, 1.165) is 0 Å². The first-order valence-corrected chi connectivity index (χ1v) is 11.3. The highest BCUT2D eigenvalue weighted by Crippen LogP contribution is 2.34. The number of nitrogens with zero attached hydrogens (tertiary/aromatic N) is 3. The molecule has 0 radical (unpaired) electrons. The van der Waals surface area contributed by atoms with Gasteiger partial charge < -0.3 is 19.3 Å². The molecule has 1 aliphatic rings. The summed E-state index contributed by atoms with van der Waals surface area (Å²) in [6, 6.07) is 13.7. The molecule has 1 atom stereocenters. The van der Waals surface area contributed by atoms with Gasteiger partial charge in [0.2, 0.25) is 0 Å². The van der Waals surface area contributed by atoms with Crippen LogP contribution >= 0.6 is 0 Å². The Hall–Kier alpha value is -3.23. The van der Waals surface area contributed by atoms with Crippen molar-refractivity contribution in [3.63, 3.8) is 0 Å². The van der Waals surface area contributed by atoms with Crippen molar-refractivity contribution in [2.24, 2.45) is 0 Å². The second kappa shape index (κ2) is 10.4. The topological polar surface area (TPSA) is 57.9 Å². The molecule has 1 unspecified atom stereocenters. The largest absolute Gasteiger partial charge is 0.507 e. The minimum atomic E-state index is -0.578. The van der Waals surface area contributed by atoms with Crippen LogP contribution in [0.4, 0.5) is 14.5 Å². The van der Waals surface area contributed by atoms with Crippen molar-refractivity contribution in [1.29, 1.82) is 0 Å². The van der Waals surface area contributed by atoms with Gasteiger partial charge in [-0.15, -0.1) is 0 Å². The third kappa shape index (κ3) is 4.83. The van der Waals surface area contributed by atoms with Crippen LogP contribution in [-0.2, 0) is 11.3 Å². The quantitative estimate of drug-likeness (QED) is 0.572. The molecule has 0 aliphatic carbocycles. The van der Waals surface area contributed by atoms with E-state index >= 15 is 0 Å². The monoisotopic (exact) mass is 469 g/mol. The summed E-state index contributed by atoms with van der Waals surface area (Å²) < 4.78 is 34.8. The van der Waals surface area contributed by atoms with Crippen LogP contribution in [0.3, 0.4) is 0 Å². The molecular formula is C26H29F2N3O3. The van der Waals surface area contributed by atoms with Gasteiger partial charge in [-0.3, -0.25) is 9.69 Å². The number of pyridine rings is 1. The number of hydrogen-bond donors (Lipinski definition) is 1. The predicted octanol–water partition coefficient (Wildman–Crippen LogP) is 3.70. The van der Waals surface area contributed by atoms with Crippen molar-refractivity contribution < 1.29 is 18.6 Å². The SMILES string of the molecule is COCCn1c(C)cc(O)c(C(c2ccc(F)cc2)N2CCN(c3ccccc3F)CC2)c1=O. The molecule has 0 saturated carbocycles. The highest BCUT2D eigenvalue weighted by Gasteiger charge is 2.32. The van der Waals surface area contributed by atoms with Gasteiger partial charge in [0.15, 0.2) is 0 Å². The molecule has 2 heterocycles. The molecule has 8 heteroatoms. The number of aromatic hydroxyl groups is 1. The fraction of sp³-hybridized carbons (Fsp3) is 0.346. The second-order valence-electron chi connectivity index (χ2n) is 8.46. The van der Waals surface area contributed by atoms with Crippen LogP contribution in [-0.4, -0.2) is 54.5 Å². The van der Waals surface area contributed by atoms with Crippen LogP contribution in [0.1, 0.15) is 22.9 Å². The van der Waals surface area contributed by atoms with Crippen LogP contribution in [0.25, 0.3) is 0 Å². The fourth-order valence-corrected chi connectivity index (χ4v) is 4.62. The van der Waals surface area contributed by atoms with Crippen molar-refractivity contribution in [2.45, 2.75) is 19.5 Å². The van der Waals surface area contributed by atoms with Gasteiger partial charge in [0.05, 0.1) is 23.9 Å². The Bertz CT molecular complexity index is 1190. The Morgan fingerprint density at radius 1 is 1.03 bits per heavy atom. The lowest BCUT2D eigenvalue weighted by Crippen LogP contribution is -2.49. The molecule has 1 N–H and O–H groups in total. The Kier molecular flexibility index (Phi) is 7.29. The Labute approximate surface area is 197 Å². The summed E-state index contributed by atoms with van der Waals surface area (Å²) in [5.74, 6) is -0.747. The van der Waals surface area contributed by atoms with Gasteiger partial charge in [-0.2, -0.15) is 0 Å². The molecule has 34 heavy (non-hydrogen) atoms. The predicted molar refractivity (Wildman–Crippen MR) is 127 cm³/mol. The molecule has 0 amide bonds. The van der Waals surface area contributed by atoms with E-state index in [4.69, 9.17) is 4.74 Å². The smallest absolute Gasteiger partial charge is 0.259 e. The molecule has 0 spiro atoms. The fourth-order valence-electron chi connectivity index (χ4n) is 4.62. The maximum absolute atomic E-state index is 14.3. The van der Waals surface area contributed by atoms with Gasteiger partial charge in [-0.1, -0.05) is 24.3 Å². The van der Waals surface area contributed by atoms with Gasteiger partial charge in [-0.05, 0) is 42.8 Å². The molecule has 6 nitrogen and oxygen atoms in total. The van der Waals surface area contributed by atoms with Crippen molar-refractivity contribution >= 4 is 5.69 Å². The number of anilines is 1. The first-order chi connectivity index (χ1) is 16.4. The zero-order chi connectivity index (χ0) is 24.2. The van der Waals surface area contributed by atoms with E-state index in [1.807, 2.05) is 4.90 Å². The second-order valence-corrected chi connectivity index (χ2v) is 8.46. The Morgan fingerprint density at radius 2 is 1.71 bits per heavy atom. The average molecular weight is 470 g/mol. The number of rotatable bonds is 7. The summed E-state index contributed by atoms with van der Waals surface area (Å²) in [5, 5.41) is 10.9. The minimum absolute atomic E-state index is 0.0953. The summed E-state index contributed by atoms with van der Waals surface area (Å²) >= 11 is 0. The van der Waals surface area contributed by atoms with Crippen LogP contribution in [0.5, 0.6) is 5.75 Å². The number of ether oxygens (including phenoxy) is 1. The lowest BCUT2D eigenvalue weighted by molar-refractivity contribution is 0.183. The van der Waals surface area contributed by atoms with E-state index in [9.17, 15) is 18.7 Å². The number of halogens is 2. The highest BCUT2D eigenvalue weighted by atomic mass is 19.1. The standard InChI is InChI=1S/C26H29F2N3O3/c1-18-17-23(32)24(26(33)31(18)15-16-34-2)25(19-7-9-20(27)10-8-19)30-13-11-29(12-14-30)22-6-4-3-5-21(22)28/h3-10,17,25,32H,11-16H2,1-2H3. The number of para-hydroxylation sites is 1. The third-order valence-electron chi connectivity index (χ3n) is 6.37. The molecule has 1 fully saturated rings. The molecule has 1 aliphatic heterocycles. The summed E-state index contributed by atoms with van der Waals surface area (Å²) in [6.07, 6.45) is 0. The maximum Gasteiger partial charge on any atom is 0.259 e. The Morgan fingerprint density at radius 3 is 2.35 bits per heavy atom.